The number of carbonyl (C=O) groups is 2. The molecule has 0 aliphatic rings. The summed E-state index contributed by atoms with van der Waals surface area (Å²) in [7, 11) is 1.53. The van der Waals surface area contributed by atoms with Crippen LogP contribution in [0.4, 0.5) is 5.69 Å². The first-order valence-corrected chi connectivity index (χ1v) is 10.1. The summed E-state index contributed by atoms with van der Waals surface area (Å²) < 4.78 is 8.51. The summed E-state index contributed by atoms with van der Waals surface area (Å²) in [4.78, 5) is 28.8. The minimum absolute atomic E-state index is 0.235. The minimum atomic E-state index is -0.462. The Balaban J connectivity index is 1.76. The fraction of sp³-hybridized carbons (Fsp3) is 0.190. The summed E-state index contributed by atoms with van der Waals surface area (Å²) in [5.74, 6) is -0.805. The van der Waals surface area contributed by atoms with E-state index in [1.807, 2.05) is 0 Å². The molecule has 2 amide bonds. The maximum atomic E-state index is 13.1. The molecule has 0 radical (unpaired) electrons. The van der Waals surface area contributed by atoms with Crippen LogP contribution in [0.15, 0.2) is 49.1 Å². The number of fused-ring (bicyclic) bond motifs is 1. The van der Waals surface area contributed by atoms with Gasteiger partial charge in [0.2, 0.25) is 5.91 Å². The molecule has 0 spiro atoms. The second-order valence-electron chi connectivity index (χ2n) is 7.16. The monoisotopic (exact) mass is 453 g/mol. The predicted molar refractivity (Wildman–Crippen MR) is 119 cm³/mol. The molecule has 11 heteroatoms. The van der Waals surface area contributed by atoms with Gasteiger partial charge in [-0.25, -0.2) is 9.50 Å². The van der Waals surface area contributed by atoms with E-state index in [1.54, 1.807) is 54.5 Å². The molecule has 0 bridgehead atoms. The van der Waals surface area contributed by atoms with E-state index in [2.05, 4.69) is 20.5 Å². The number of hydrogen-bond donors (Lipinski definition) is 2. The third-order valence-electron chi connectivity index (χ3n) is 4.90. The third-order valence-corrected chi connectivity index (χ3v) is 5.13. The van der Waals surface area contributed by atoms with Gasteiger partial charge in [0, 0.05) is 29.2 Å². The molecule has 3 N–H and O–H groups in total. The highest BCUT2D eigenvalue weighted by Gasteiger charge is 2.22. The predicted octanol–water partition coefficient (Wildman–Crippen LogP) is 2.63. The highest BCUT2D eigenvalue weighted by molar-refractivity contribution is 6.31. The van der Waals surface area contributed by atoms with Crippen LogP contribution in [0, 0.1) is 5.92 Å². The smallest absolute Gasteiger partial charge is 0.261 e. The lowest BCUT2D eigenvalue weighted by atomic mass is 10.1. The second-order valence-corrected chi connectivity index (χ2v) is 7.60. The number of halogens is 1. The van der Waals surface area contributed by atoms with Crippen molar-refractivity contribution in [2.75, 3.05) is 12.4 Å². The van der Waals surface area contributed by atoms with Gasteiger partial charge in [-0.3, -0.25) is 14.3 Å². The van der Waals surface area contributed by atoms with Crippen molar-refractivity contribution in [2.24, 2.45) is 11.7 Å². The lowest BCUT2D eigenvalue weighted by molar-refractivity contribution is -0.121. The zero-order chi connectivity index (χ0) is 22.8. The van der Waals surface area contributed by atoms with E-state index in [0.29, 0.717) is 38.9 Å². The van der Waals surface area contributed by atoms with Gasteiger partial charge in [-0.15, -0.1) is 0 Å². The number of rotatable bonds is 7. The highest BCUT2D eigenvalue weighted by atomic mass is 35.5. The molecule has 1 aromatic carbocycles. The van der Waals surface area contributed by atoms with Gasteiger partial charge in [0.05, 0.1) is 31.5 Å². The third kappa shape index (κ3) is 4.12. The molecule has 0 aliphatic heterocycles. The molecule has 0 aliphatic carbocycles. The molecule has 3 aromatic heterocycles. The molecule has 0 fully saturated rings. The van der Waals surface area contributed by atoms with Gasteiger partial charge in [0.25, 0.3) is 5.91 Å². The molecule has 0 saturated carbocycles. The summed E-state index contributed by atoms with van der Waals surface area (Å²) in [6, 6.07) is 6.81. The standard InChI is InChI=1S/C21H20ClN7O3/c1-12(19(23)30)10-28-11-16(18(27-28)14-8-13(22)4-5-17(14)32-2)26-21(31)15-9-25-29-7-3-6-24-20(15)29/h3-9,11-12H,10H2,1-2H3,(H2,23,30)(H,26,31)/t12-/m1/s1. The lowest BCUT2D eigenvalue weighted by Gasteiger charge is -2.09. The minimum Gasteiger partial charge on any atom is -0.496 e. The number of ether oxygens (including phenoxy) is 1. The number of methoxy groups -OCH3 is 1. The Hall–Kier alpha value is -3.92. The number of aromatic nitrogens is 5. The summed E-state index contributed by atoms with van der Waals surface area (Å²) in [5.41, 5.74) is 7.53. The zero-order valence-electron chi connectivity index (χ0n) is 17.3. The van der Waals surface area contributed by atoms with Crippen LogP contribution in [-0.2, 0) is 11.3 Å². The number of hydrogen-bond acceptors (Lipinski definition) is 6. The van der Waals surface area contributed by atoms with E-state index in [4.69, 9.17) is 22.1 Å². The van der Waals surface area contributed by atoms with Gasteiger partial charge in [-0.05, 0) is 24.3 Å². The highest BCUT2D eigenvalue weighted by Crippen LogP contribution is 2.36. The Morgan fingerprint density at radius 2 is 2.16 bits per heavy atom. The Morgan fingerprint density at radius 1 is 1.34 bits per heavy atom. The number of amides is 2. The largest absolute Gasteiger partial charge is 0.496 e. The van der Waals surface area contributed by atoms with E-state index >= 15 is 0 Å². The van der Waals surface area contributed by atoms with Gasteiger partial charge in [-0.2, -0.15) is 10.2 Å². The molecule has 10 nitrogen and oxygen atoms in total. The fourth-order valence-electron chi connectivity index (χ4n) is 3.22. The molecular formula is C21H20ClN7O3. The molecule has 4 rings (SSSR count). The summed E-state index contributed by atoms with van der Waals surface area (Å²) >= 11 is 6.20. The average molecular weight is 454 g/mol. The van der Waals surface area contributed by atoms with Crippen molar-refractivity contribution in [1.29, 1.82) is 0 Å². The second kappa shape index (κ2) is 8.67. The van der Waals surface area contributed by atoms with E-state index < -0.39 is 17.7 Å². The number of benzene rings is 1. The fourth-order valence-corrected chi connectivity index (χ4v) is 3.39. The van der Waals surface area contributed by atoms with Crippen molar-refractivity contribution >= 4 is 34.7 Å². The molecule has 0 saturated heterocycles. The first-order valence-electron chi connectivity index (χ1n) is 9.67. The van der Waals surface area contributed by atoms with Crippen LogP contribution in [0.25, 0.3) is 16.9 Å². The van der Waals surface area contributed by atoms with Crippen LogP contribution in [0.5, 0.6) is 5.75 Å². The number of carbonyl (C=O) groups excluding carboxylic acids is 2. The number of nitrogens with zero attached hydrogens (tertiary/aromatic N) is 5. The quantitative estimate of drug-likeness (QED) is 0.442. The van der Waals surface area contributed by atoms with Crippen molar-refractivity contribution < 1.29 is 14.3 Å². The first kappa shape index (κ1) is 21.3. The van der Waals surface area contributed by atoms with Crippen LogP contribution in [0.2, 0.25) is 5.02 Å². The Morgan fingerprint density at radius 3 is 2.91 bits per heavy atom. The van der Waals surface area contributed by atoms with Gasteiger partial charge in [0.15, 0.2) is 5.65 Å². The van der Waals surface area contributed by atoms with Crippen molar-refractivity contribution in [3.05, 3.63) is 59.6 Å². The molecule has 32 heavy (non-hydrogen) atoms. The zero-order valence-corrected chi connectivity index (χ0v) is 18.1. The van der Waals surface area contributed by atoms with E-state index in [-0.39, 0.29) is 6.54 Å². The van der Waals surface area contributed by atoms with Gasteiger partial charge < -0.3 is 15.8 Å². The summed E-state index contributed by atoms with van der Waals surface area (Å²) in [6.45, 7) is 1.94. The lowest BCUT2D eigenvalue weighted by Crippen LogP contribution is -2.24. The van der Waals surface area contributed by atoms with Crippen LogP contribution < -0.4 is 15.8 Å². The molecule has 3 heterocycles. The summed E-state index contributed by atoms with van der Waals surface area (Å²) in [5, 5.41) is 12.1. The van der Waals surface area contributed by atoms with Gasteiger partial charge in [-0.1, -0.05) is 18.5 Å². The van der Waals surface area contributed by atoms with E-state index in [0.717, 1.165) is 0 Å². The van der Waals surface area contributed by atoms with Crippen molar-refractivity contribution in [3.8, 4) is 17.0 Å². The van der Waals surface area contributed by atoms with Crippen LogP contribution in [0.3, 0.4) is 0 Å². The van der Waals surface area contributed by atoms with Crippen LogP contribution in [0.1, 0.15) is 17.3 Å². The average Bonchev–Trinajstić information content (AvgIpc) is 3.37. The normalized spacial score (nSPS) is 12.0. The van der Waals surface area contributed by atoms with Crippen LogP contribution in [-0.4, -0.2) is 43.3 Å². The molecular weight excluding hydrogens is 434 g/mol. The first-order chi connectivity index (χ1) is 15.4. The van der Waals surface area contributed by atoms with Gasteiger partial charge >= 0.3 is 0 Å². The Labute approximate surface area is 187 Å². The molecule has 4 aromatic rings. The van der Waals surface area contributed by atoms with E-state index in [1.165, 1.54) is 17.8 Å². The van der Waals surface area contributed by atoms with Crippen molar-refractivity contribution in [3.63, 3.8) is 0 Å². The topological polar surface area (TPSA) is 129 Å². The van der Waals surface area contributed by atoms with Crippen LogP contribution >= 0.6 is 11.6 Å². The number of nitrogens with two attached hydrogens (primary N) is 1. The maximum Gasteiger partial charge on any atom is 0.261 e. The van der Waals surface area contributed by atoms with Gasteiger partial charge in [0.1, 0.15) is 17.0 Å². The number of nitrogens with one attached hydrogen (secondary N) is 1. The Bertz CT molecular complexity index is 1310. The maximum absolute atomic E-state index is 13.1. The molecule has 0 unspecified atom stereocenters. The van der Waals surface area contributed by atoms with Crippen molar-refractivity contribution in [1.82, 2.24) is 24.4 Å². The molecule has 1 atom stereocenters. The molecule has 164 valence electrons. The summed E-state index contributed by atoms with van der Waals surface area (Å²) in [6.07, 6.45) is 6.35. The number of primary amides is 1. The van der Waals surface area contributed by atoms with E-state index in [9.17, 15) is 9.59 Å². The number of anilines is 1. The Kier molecular flexibility index (Phi) is 5.78. The van der Waals surface area contributed by atoms with Crippen molar-refractivity contribution in [2.45, 2.75) is 13.5 Å². The SMILES string of the molecule is COc1ccc(Cl)cc1-c1nn(C[C@@H](C)C(N)=O)cc1NC(=O)c1cnn2cccnc12.